The number of hydrogen-bond donors (Lipinski definition) is 0. The molecule has 9 heteroatoms. The van der Waals surface area contributed by atoms with Gasteiger partial charge in [0.15, 0.2) is 17.5 Å². The van der Waals surface area contributed by atoms with Crippen molar-refractivity contribution in [2.45, 2.75) is 57.5 Å². The molecule has 0 aliphatic heterocycles. The zero-order valence-corrected chi connectivity index (χ0v) is 22.0. The molecule has 0 spiro atoms. The van der Waals surface area contributed by atoms with E-state index in [1.165, 1.54) is 18.6 Å². The molecule has 1 aliphatic rings. The Labute approximate surface area is 231 Å². The highest BCUT2D eigenvalue weighted by Gasteiger charge is 2.41. The van der Waals surface area contributed by atoms with E-state index in [0.29, 0.717) is 24.1 Å². The normalized spacial score (nSPS) is 17.7. The van der Waals surface area contributed by atoms with Gasteiger partial charge < -0.3 is 4.74 Å². The first kappa shape index (κ1) is 28.9. The lowest BCUT2D eigenvalue weighted by Crippen LogP contribution is -2.25. The largest absolute Gasteiger partial charge is 0.432 e. The summed E-state index contributed by atoms with van der Waals surface area (Å²) in [6.45, 7) is 2.15. The number of rotatable bonds is 7. The monoisotopic (exact) mass is 578 g/mol. The highest BCUT2D eigenvalue weighted by molar-refractivity contribution is 5.84. The van der Waals surface area contributed by atoms with Gasteiger partial charge in [0.1, 0.15) is 28.8 Å². The molecule has 0 N–H and O–H groups in total. The van der Waals surface area contributed by atoms with Gasteiger partial charge in [-0.1, -0.05) is 31.9 Å². The van der Waals surface area contributed by atoms with E-state index in [4.69, 9.17) is 0 Å². The summed E-state index contributed by atoms with van der Waals surface area (Å²) < 4.78 is 120. The van der Waals surface area contributed by atoms with Crippen molar-refractivity contribution in [2.75, 3.05) is 0 Å². The molecule has 5 rings (SSSR count). The smallest absolute Gasteiger partial charge is 0.429 e. The van der Waals surface area contributed by atoms with Crippen molar-refractivity contribution < 1.29 is 39.9 Å². The second kappa shape index (κ2) is 11.3. The molecule has 0 radical (unpaired) electrons. The fourth-order valence-electron chi connectivity index (χ4n) is 5.76. The van der Waals surface area contributed by atoms with Crippen LogP contribution in [0.15, 0.2) is 54.6 Å². The van der Waals surface area contributed by atoms with E-state index in [-0.39, 0.29) is 22.4 Å². The molecule has 1 nitrogen and oxygen atoms in total. The Morgan fingerprint density at radius 3 is 2.05 bits per heavy atom. The van der Waals surface area contributed by atoms with Crippen LogP contribution in [0, 0.1) is 40.8 Å². The molecule has 0 heterocycles. The third-order valence-corrected chi connectivity index (χ3v) is 7.84. The molecular weight excluding hydrogens is 552 g/mol. The van der Waals surface area contributed by atoms with Gasteiger partial charge in [-0.05, 0) is 96.5 Å². The van der Waals surface area contributed by atoms with Crippen LogP contribution in [0.25, 0.3) is 21.9 Å². The maximum absolute atomic E-state index is 15.1. The fourth-order valence-corrected chi connectivity index (χ4v) is 5.76. The van der Waals surface area contributed by atoms with Crippen LogP contribution >= 0.6 is 0 Å². The molecule has 4 aromatic carbocycles. The van der Waals surface area contributed by atoms with Crippen molar-refractivity contribution >= 4 is 10.8 Å². The highest BCUT2D eigenvalue weighted by Crippen LogP contribution is 2.41. The van der Waals surface area contributed by atoms with Crippen LogP contribution in [0.2, 0.25) is 0 Å². The van der Waals surface area contributed by atoms with E-state index < -0.39 is 57.7 Å². The minimum atomic E-state index is -4.56. The Morgan fingerprint density at radius 2 is 1.41 bits per heavy atom. The summed E-state index contributed by atoms with van der Waals surface area (Å²) in [4.78, 5) is 0. The Bertz CT molecular complexity index is 1570. The van der Waals surface area contributed by atoms with Crippen molar-refractivity contribution in [3.8, 4) is 16.9 Å². The molecule has 1 aliphatic carbocycles. The summed E-state index contributed by atoms with van der Waals surface area (Å²) in [6.07, 6.45) is 1.69. The number of ether oxygens (including phenoxy) is 1. The van der Waals surface area contributed by atoms with Crippen LogP contribution in [0.5, 0.6) is 5.75 Å². The minimum Gasteiger partial charge on any atom is -0.429 e. The van der Waals surface area contributed by atoms with Crippen molar-refractivity contribution in [1.29, 1.82) is 0 Å². The van der Waals surface area contributed by atoms with Crippen LogP contribution < -0.4 is 4.74 Å². The first-order valence-corrected chi connectivity index (χ1v) is 13.4. The summed E-state index contributed by atoms with van der Waals surface area (Å²) in [5.41, 5.74) is -1.35. The van der Waals surface area contributed by atoms with Crippen LogP contribution in [-0.2, 0) is 6.11 Å². The lowest BCUT2D eigenvalue weighted by molar-refractivity contribution is -0.189. The molecule has 1 fully saturated rings. The van der Waals surface area contributed by atoms with Gasteiger partial charge in [-0.2, -0.15) is 8.78 Å². The summed E-state index contributed by atoms with van der Waals surface area (Å²) >= 11 is 0. The first-order valence-electron chi connectivity index (χ1n) is 13.4. The molecule has 0 bridgehead atoms. The molecule has 1 saturated carbocycles. The fraction of sp³-hybridized carbons (Fsp3) is 0.312. The third kappa shape index (κ3) is 5.76. The van der Waals surface area contributed by atoms with Gasteiger partial charge in [-0.15, -0.1) is 0 Å². The summed E-state index contributed by atoms with van der Waals surface area (Å²) in [5, 5.41) is -0.711. The molecule has 0 unspecified atom stereocenters. The molecular formula is C32H26F8O. The van der Waals surface area contributed by atoms with Crippen molar-refractivity contribution in [3.63, 3.8) is 0 Å². The lowest BCUT2D eigenvalue weighted by atomic mass is 9.77. The van der Waals surface area contributed by atoms with Gasteiger partial charge in [-0.25, -0.2) is 26.3 Å². The Balaban J connectivity index is 1.38. The van der Waals surface area contributed by atoms with Crippen molar-refractivity contribution in [3.05, 3.63) is 101 Å². The Morgan fingerprint density at radius 1 is 0.732 bits per heavy atom. The predicted molar refractivity (Wildman–Crippen MR) is 140 cm³/mol. The Hall–Kier alpha value is -3.62. The number of hydrogen-bond acceptors (Lipinski definition) is 1. The summed E-state index contributed by atoms with van der Waals surface area (Å²) in [7, 11) is 0. The van der Waals surface area contributed by atoms with Crippen LogP contribution in [0.4, 0.5) is 35.1 Å². The van der Waals surface area contributed by atoms with Gasteiger partial charge in [0.25, 0.3) is 0 Å². The van der Waals surface area contributed by atoms with E-state index in [1.54, 1.807) is 6.07 Å². The maximum atomic E-state index is 15.1. The molecule has 4 aromatic rings. The van der Waals surface area contributed by atoms with Crippen molar-refractivity contribution in [1.82, 2.24) is 0 Å². The van der Waals surface area contributed by atoms with E-state index in [1.807, 2.05) is 0 Å². The minimum absolute atomic E-state index is 0.146. The third-order valence-electron chi connectivity index (χ3n) is 7.84. The molecule has 0 atom stereocenters. The van der Waals surface area contributed by atoms with Gasteiger partial charge >= 0.3 is 6.11 Å². The highest BCUT2D eigenvalue weighted by atomic mass is 19.3. The van der Waals surface area contributed by atoms with E-state index >= 15 is 4.39 Å². The average Bonchev–Trinajstić information content (AvgIpc) is 2.91. The maximum Gasteiger partial charge on any atom is 0.432 e. The molecule has 0 aromatic heterocycles. The molecule has 216 valence electrons. The lowest BCUT2D eigenvalue weighted by Gasteiger charge is -2.28. The molecule has 0 saturated heterocycles. The SMILES string of the molecule is CCCC1CCC(c2ccc(-c3cc(F)c(C(F)(F)Oc4ccc5c(F)c(F)c(F)cc5c4)c(F)c3)c(F)c2)CC1. The number of fused-ring (bicyclic) bond motifs is 1. The van der Waals surface area contributed by atoms with Crippen molar-refractivity contribution in [2.24, 2.45) is 5.92 Å². The molecule has 0 amide bonds. The van der Waals surface area contributed by atoms with Gasteiger partial charge in [-0.3, -0.25) is 0 Å². The second-order valence-electron chi connectivity index (χ2n) is 10.5. The number of halogens is 8. The summed E-state index contributed by atoms with van der Waals surface area (Å²) in [6, 6.07) is 8.67. The van der Waals surface area contributed by atoms with Gasteiger partial charge in [0.05, 0.1) is 0 Å². The average molecular weight is 579 g/mol. The molecule has 41 heavy (non-hydrogen) atoms. The predicted octanol–water partition coefficient (Wildman–Crippen LogP) is 10.5. The van der Waals surface area contributed by atoms with E-state index in [2.05, 4.69) is 11.7 Å². The van der Waals surface area contributed by atoms with Gasteiger partial charge in [0.2, 0.25) is 0 Å². The number of alkyl halides is 2. The van der Waals surface area contributed by atoms with Gasteiger partial charge in [0, 0.05) is 10.9 Å². The quantitative estimate of drug-likeness (QED) is 0.157. The van der Waals surface area contributed by atoms with E-state index in [9.17, 15) is 30.7 Å². The first-order chi connectivity index (χ1) is 19.5. The number of benzene rings is 4. The standard InChI is InChI=1S/C32H26F8O/c1-2-3-17-4-6-18(7-5-17)19-8-10-23(25(33)13-19)21-14-26(34)29(27(35)15-21)32(39,40)41-22-9-11-24-20(12-22)16-28(36)31(38)30(24)37/h8-18H,2-7H2,1H3. The van der Waals surface area contributed by atoms with Crippen LogP contribution in [0.1, 0.15) is 62.5 Å². The zero-order chi connectivity index (χ0) is 29.5. The summed E-state index contributed by atoms with van der Waals surface area (Å²) in [5.74, 6) is -8.71. The van der Waals surface area contributed by atoms with E-state index in [0.717, 1.165) is 55.9 Å². The topological polar surface area (TPSA) is 9.23 Å². The Kier molecular flexibility index (Phi) is 7.99. The zero-order valence-electron chi connectivity index (χ0n) is 22.0. The van der Waals surface area contributed by atoms with Crippen LogP contribution in [-0.4, -0.2) is 0 Å². The van der Waals surface area contributed by atoms with Crippen LogP contribution in [0.3, 0.4) is 0 Å². The second-order valence-corrected chi connectivity index (χ2v) is 10.5.